The Bertz CT molecular complexity index is 88.7. The van der Waals surface area contributed by atoms with Crippen LogP contribution in [0.1, 0.15) is 26.2 Å². The smallest absolute Gasteiger partial charge is 0.0816 e. The maximum atomic E-state index is 8.41. The van der Waals surface area contributed by atoms with Crippen LogP contribution in [0.4, 0.5) is 0 Å². The van der Waals surface area contributed by atoms with Crippen molar-refractivity contribution in [2.24, 2.45) is 0 Å². The molecule has 0 saturated carbocycles. The quantitative estimate of drug-likeness (QED) is 0.396. The number of aliphatic hydroxyl groups excluding tert-OH is 1. The molecule has 0 spiro atoms. The molecule has 3 N–H and O–H groups in total. The van der Waals surface area contributed by atoms with Gasteiger partial charge < -0.3 is 5.11 Å². The summed E-state index contributed by atoms with van der Waals surface area (Å²) in [5.41, 5.74) is 0. The van der Waals surface area contributed by atoms with Crippen LogP contribution in [-0.4, -0.2) is 33.6 Å². The van der Waals surface area contributed by atoms with Crippen LogP contribution in [0.2, 0.25) is 0 Å². The molecule has 0 aromatic carbocycles. The molecule has 0 radical (unpaired) electrons. The number of unbranched alkanes of at least 4 members (excludes halogenated alkanes) is 1. The standard InChI is InChI=1S/C6H15NO4/c1-6(11-7(9)10)4-2-3-5-8/h6,8-10H,2-5H2,1H3. The number of nitrogens with zero attached hydrogens (tertiary/aromatic N) is 1. The van der Waals surface area contributed by atoms with Crippen LogP contribution < -0.4 is 0 Å². The van der Waals surface area contributed by atoms with E-state index < -0.39 is 0 Å². The van der Waals surface area contributed by atoms with Crippen LogP contribution in [0.15, 0.2) is 0 Å². The lowest BCUT2D eigenvalue weighted by molar-refractivity contribution is -0.503. The van der Waals surface area contributed by atoms with Gasteiger partial charge in [0.25, 0.3) is 0 Å². The molecule has 0 heterocycles. The molecule has 5 heteroatoms. The number of rotatable bonds is 6. The Morgan fingerprint density at radius 2 is 2.00 bits per heavy atom. The first-order valence-electron chi connectivity index (χ1n) is 3.62. The van der Waals surface area contributed by atoms with Gasteiger partial charge in [-0.25, -0.2) is 4.84 Å². The molecule has 0 aromatic rings. The van der Waals surface area contributed by atoms with E-state index in [-0.39, 0.29) is 18.1 Å². The Hall–Kier alpha value is -0.200. The fourth-order valence-electron chi connectivity index (χ4n) is 0.757. The molecule has 11 heavy (non-hydrogen) atoms. The second-order valence-electron chi connectivity index (χ2n) is 2.39. The van der Waals surface area contributed by atoms with Gasteiger partial charge in [0.1, 0.15) is 0 Å². The minimum Gasteiger partial charge on any atom is -0.396 e. The van der Waals surface area contributed by atoms with Crippen LogP contribution in [0, 0.1) is 0 Å². The van der Waals surface area contributed by atoms with Gasteiger partial charge in [-0.2, -0.15) is 0 Å². The van der Waals surface area contributed by atoms with Crippen LogP contribution in [0.25, 0.3) is 0 Å². The minimum atomic E-state index is -0.288. The van der Waals surface area contributed by atoms with Gasteiger partial charge in [-0.1, -0.05) is 0 Å². The van der Waals surface area contributed by atoms with E-state index in [0.717, 1.165) is 6.42 Å². The topological polar surface area (TPSA) is 73.2 Å². The van der Waals surface area contributed by atoms with Crippen molar-refractivity contribution in [3.63, 3.8) is 0 Å². The zero-order chi connectivity index (χ0) is 8.69. The summed E-state index contributed by atoms with van der Waals surface area (Å²) < 4.78 is 0. The molecule has 0 aliphatic heterocycles. The lowest BCUT2D eigenvalue weighted by atomic mass is 10.2. The van der Waals surface area contributed by atoms with Crippen molar-refractivity contribution in [2.75, 3.05) is 6.61 Å². The zero-order valence-corrected chi connectivity index (χ0v) is 6.60. The average Bonchev–Trinajstić information content (AvgIpc) is 1.86. The number of hydrogen-bond donors (Lipinski definition) is 3. The van der Waals surface area contributed by atoms with Gasteiger partial charge in [0, 0.05) is 6.61 Å². The predicted octanol–water partition coefficient (Wildman–Crippen LogP) is 0.550. The van der Waals surface area contributed by atoms with E-state index in [1.807, 2.05) is 0 Å². The van der Waals surface area contributed by atoms with Crippen LogP contribution in [-0.2, 0) is 4.84 Å². The highest BCUT2D eigenvalue weighted by atomic mass is 17.1. The van der Waals surface area contributed by atoms with Gasteiger partial charge in [0.2, 0.25) is 0 Å². The summed E-state index contributed by atoms with van der Waals surface area (Å²) in [6, 6.07) is 0. The van der Waals surface area contributed by atoms with E-state index in [2.05, 4.69) is 4.84 Å². The van der Waals surface area contributed by atoms with Crippen LogP contribution in [0.5, 0.6) is 0 Å². The van der Waals surface area contributed by atoms with E-state index in [9.17, 15) is 0 Å². The van der Waals surface area contributed by atoms with Crippen LogP contribution in [0.3, 0.4) is 0 Å². The maximum absolute atomic E-state index is 8.41. The van der Waals surface area contributed by atoms with Gasteiger partial charge in [-0.3, -0.25) is 10.4 Å². The third kappa shape index (κ3) is 7.70. The minimum absolute atomic E-state index is 0.161. The fraction of sp³-hybridized carbons (Fsp3) is 1.00. The third-order valence-corrected chi connectivity index (χ3v) is 1.29. The largest absolute Gasteiger partial charge is 0.396 e. The van der Waals surface area contributed by atoms with Gasteiger partial charge in [-0.15, -0.1) is 0 Å². The number of aliphatic hydroxyl groups is 1. The summed E-state index contributed by atoms with van der Waals surface area (Å²) in [6.07, 6.45) is 1.98. The highest BCUT2D eigenvalue weighted by Crippen LogP contribution is 2.03. The first-order chi connectivity index (χ1) is 5.16. The van der Waals surface area contributed by atoms with Gasteiger partial charge in [0.15, 0.2) is 0 Å². The normalized spacial score (nSPS) is 13.9. The summed E-state index contributed by atoms with van der Waals surface area (Å²) in [4.78, 5) is 4.46. The monoisotopic (exact) mass is 165 g/mol. The molecular weight excluding hydrogens is 150 g/mol. The molecule has 0 aromatic heterocycles. The molecule has 0 saturated heterocycles. The molecule has 1 unspecified atom stereocenters. The van der Waals surface area contributed by atoms with Crippen molar-refractivity contribution in [3.8, 4) is 0 Å². The summed E-state index contributed by atoms with van der Waals surface area (Å²) in [7, 11) is 0. The summed E-state index contributed by atoms with van der Waals surface area (Å²) in [6.45, 7) is 1.88. The van der Waals surface area contributed by atoms with E-state index in [0.29, 0.717) is 12.8 Å². The fourth-order valence-corrected chi connectivity index (χ4v) is 0.757. The third-order valence-electron chi connectivity index (χ3n) is 1.29. The lowest BCUT2D eigenvalue weighted by Gasteiger charge is -2.13. The molecule has 68 valence electrons. The first kappa shape index (κ1) is 10.8. The van der Waals surface area contributed by atoms with E-state index in [1.54, 1.807) is 6.92 Å². The average molecular weight is 165 g/mol. The Kier molecular flexibility index (Phi) is 6.39. The maximum Gasteiger partial charge on any atom is 0.0816 e. The second-order valence-corrected chi connectivity index (χ2v) is 2.39. The molecule has 1 atom stereocenters. The van der Waals surface area contributed by atoms with Crippen molar-refractivity contribution < 1.29 is 20.4 Å². The Morgan fingerprint density at radius 1 is 1.36 bits per heavy atom. The molecule has 0 fully saturated rings. The van der Waals surface area contributed by atoms with E-state index in [1.165, 1.54) is 0 Å². The second kappa shape index (κ2) is 6.51. The van der Waals surface area contributed by atoms with Crippen molar-refractivity contribution in [2.45, 2.75) is 32.3 Å². The van der Waals surface area contributed by atoms with E-state index >= 15 is 0 Å². The highest BCUT2D eigenvalue weighted by Gasteiger charge is 2.04. The van der Waals surface area contributed by atoms with Crippen molar-refractivity contribution in [1.29, 1.82) is 0 Å². The highest BCUT2D eigenvalue weighted by molar-refractivity contribution is 4.48. The summed E-state index contributed by atoms with van der Waals surface area (Å²) in [5, 5.41) is 24.5. The van der Waals surface area contributed by atoms with Crippen molar-refractivity contribution in [3.05, 3.63) is 0 Å². The van der Waals surface area contributed by atoms with Gasteiger partial charge in [0.05, 0.1) is 11.5 Å². The van der Waals surface area contributed by atoms with Crippen LogP contribution >= 0.6 is 0 Å². The zero-order valence-electron chi connectivity index (χ0n) is 6.60. The Balaban J connectivity index is 3.15. The summed E-state index contributed by atoms with van der Waals surface area (Å²) in [5.74, 6) is 0. The molecule has 0 bridgehead atoms. The molecule has 0 rings (SSSR count). The molecular formula is C6H15NO4. The predicted molar refractivity (Wildman–Crippen MR) is 36.9 cm³/mol. The Labute approximate surface area is 65.7 Å². The van der Waals surface area contributed by atoms with Gasteiger partial charge >= 0.3 is 0 Å². The Morgan fingerprint density at radius 3 is 2.45 bits per heavy atom. The summed E-state index contributed by atoms with van der Waals surface area (Å²) >= 11 is 0. The van der Waals surface area contributed by atoms with E-state index in [4.69, 9.17) is 15.5 Å². The lowest BCUT2D eigenvalue weighted by Crippen LogP contribution is -2.21. The SMILES string of the molecule is CC(CCCCO)ON(O)O. The molecule has 0 amide bonds. The molecule has 0 aliphatic carbocycles. The molecule has 5 nitrogen and oxygen atoms in total. The van der Waals surface area contributed by atoms with Gasteiger partial charge in [-0.05, 0) is 26.2 Å². The van der Waals surface area contributed by atoms with Crippen molar-refractivity contribution >= 4 is 0 Å². The molecule has 0 aliphatic rings. The first-order valence-corrected chi connectivity index (χ1v) is 3.62. The number of hydrogen-bond acceptors (Lipinski definition) is 5. The van der Waals surface area contributed by atoms with Crippen molar-refractivity contribution in [1.82, 2.24) is 5.39 Å².